The molecule has 3 rings (SSSR count). The maximum Gasteiger partial charge on any atom is 0.263 e. The van der Waals surface area contributed by atoms with E-state index in [9.17, 15) is 9.18 Å². The maximum atomic E-state index is 13.8. The lowest BCUT2D eigenvalue weighted by atomic mass is 10.2. The number of carbonyl (C=O) groups excluding carboxylic acids is 1. The maximum absolute atomic E-state index is 13.8. The highest BCUT2D eigenvalue weighted by molar-refractivity contribution is 7.17. The molecule has 128 valence electrons. The van der Waals surface area contributed by atoms with Gasteiger partial charge >= 0.3 is 0 Å². The van der Waals surface area contributed by atoms with Gasteiger partial charge in [0.1, 0.15) is 10.7 Å². The van der Waals surface area contributed by atoms with Crippen molar-refractivity contribution in [3.05, 3.63) is 63.6 Å². The van der Waals surface area contributed by atoms with Crippen LogP contribution in [0.3, 0.4) is 0 Å². The van der Waals surface area contributed by atoms with Crippen LogP contribution >= 0.6 is 22.9 Å². The number of nitrogens with one attached hydrogen (secondary N) is 1. The smallest absolute Gasteiger partial charge is 0.263 e. The summed E-state index contributed by atoms with van der Waals surface area (Å²) < 4.78 is 13.8. The molecule has 0 radical (unpaired) electrons. The molecule has 1 aromatic carbocycles. The van der Waals surface area contributed by atoms with Crippen molar-refractivity contribution < 1.29 is 9.18 Å². The number of nitrogens with zero attached hydrogens (tertiary/aromatic N) is 3. The van der Waals surface area contributed by atoms with Gasteiger partial charge in [0.25, 0.3) is 5.91 Å². The summed E-state index contributed by atoms with van der Waals surface area (Å²) in [6, 6.07) is 6.07. The zero-order valence-electron chi connectivity index (χ0n) is 13.3. The number of rotatable bonds is 5. The van der Waals surface area contributed by atoms with Gasteiger partial charge in [0.15, 0.2) is 10.8 Å². The van der Waals surface area contributed by atoms with E-state index in [1.54, 1.807) is 30.6 Å². The van der Waals surface area contributed by atoms with Crippen LogP contribution in [0.15, 0.2) is 36.7 Å². The van der Waals surface area contributed by atoms with Gasteiger partial charge in [-0.1, -0.05) is 24.6 Å². The van der Waals surface area contributed by atoms with Crippen LogP contribution in [0.25, 0.3) is 10.8 Å². The van der Waals surface area contributed by atoms with E-state index < -0.39 is 5.82 Å². The highest BCUT2D eigenvalue weighted by Gasteiger charge is 2.19. The second kappa shape index (κ2) is 7.67. The molecule has 3 aromatic rings. The Bertz CT molecular complexity index is 901. The molecule has 0 spiro atoms. The van der Waals surface area contributed by atoms with Gasteiger partial charge in [-0.15, -0.1) is 11.3 Å². The summed E-state index contributed by atoms with van der Waals surface area (Å²) in [7, 11) is 0. The molecule has 1 N–H and O–H groups in total. The SMILES string of the molecule is CCc1nc(-c2ncccn2)sc1C(=O)NCc1ccc(Cl)cc1F. The molecule has 2 heterocycles. The van der Waals surface area contributed by atoms with Crippen LogP contribution in [0.2, 0.25) is 5.02 Å². The lowest BCUT2D eigenvalue weighted by Gasteiger charge is -2.06. The van der Waals surface area contributed by atoms with Crippen molar-refractivity contribution in [2.24, 2.45) is 0 Å². The monoisotopic (exact) mass is 376 g/mol. The summed E-state index contributed by atoms with van der Waals surface area (Å²) in [6.45, 7) is 1.99. The lowest BCUT2D eigenvalue weighted by Crippen LogP contribution is -2.23. The van der Waals surface area contributed by atoms with Gasteiger partial charge in [-0.25, -0.2) is 19.3 Å². The van der Waals surface area contributed by atoms with E-state index in [1.165, 1.54) is 17.4 Å². The number of thiazole rings is 1. The van der Waals surface area contributed by atoms with Crippen molar-refractivity contribution in [1.82, 2.24) is 20.3 Å². The van der Waals surface area contributed by atoms with E-state index in [1.807, 2.05) is 6.92 Å². The van der Waals surface area contributed by atoms with Crippen molar-refractivity contribution in [2.45, 2.75) is 19.9 Å². The van der Waals surface area contributed by atoms with Gasteiger partial charge in [-0.3, -0.25) is 4.79 Å². The van der Waals surface area contributed by atoms with E-state index in [-0.39, 0.29) is 12.5 Å². The zero-order chi connectivity index (χ0) is 17.8. The molecule has 2 aromatic heterocycles. The molecular formula is C17H14ClFN4OS. The second-order valence-electron chi connectivity index (χ2n) is 5.14. The summed E-state index contributed by atoms with van der Waals surface area (Å²) in [5.74, 6) is -0.276. The number of benzene rings is 1. The number of amides is 1. The third-order valence-corrected chi connectivity index (χ3v) is 4.78. The van der Waals surface area contributed by atoms with Crippen LogP contribution in [-0.2, 0) is 13.0 Å². The van der Waals surface area contributed by atoms with E-state index in [0.29, 0.717) is 38.4 Å². The largest absolute Gasteiger partial charge is 0.347 e. The van der Waals surface area contributed by atoms with E-state index in [0.717, 1.165) is 0 Å². The second-order valence-corrected chi connectivity index (χ2v) is 6.57. The normalized spacial score (nSPS) is 10.7. The fourth-order valence-electron chi connectivity index (χ4n) is 2.19. The van der Waals surface area contributed by atoms with Gasteiger partial charge in [0, 0.05) is 29.5 Å². The minimum atomic E-state index is -0.453. The van der Waals surface area contributed by atoms with Gasteiger partial charge in [0.2, 0.25) is 0 Å². The Balaban J connectivity index is 1.78. The first-order chi connectivity index (χ1) is 12.1. The van der Waals surface area contributed by atoms with Crippen molar-refractivity contribution in [2.75, 3.05) is 0 Å². The number of halogens is 2. The molecule has 0 aliphatic carbocycles. The van der Waals surface area contributed by atoms with E-state index in [2.05, 4.69) is 20.3 Å². The lowest BCUT2D eigenvalue weighted by molar-refractivity contribution is 0.0953. The Morgan fingerprint density at radius 3 is 2.76 bits per heavy atom. The molecule has 0 atom stereocenters. The van der Waals surface area contributed by atoms with Crippen molar-refractivity contribution in [3.63, 3.8) is 0 Å². The predicted molar refractivity (Wildman–Crippen MR) is 95.1 cm³/mol. The molecule has 0 saturated carbocycles. The quantitative estimate of drug-likeness (QED) is 0.733. The molecule has 0 unspecified atom stereocenters. The molecule has 0 fully saturated rings. The minimum absolute atomic E-state index is 0.0695. The third kappa shape index (κ3) is 4.00. The average molecular weight is 377 g/mol. The number of carbonyl (C=O) groups is 1. The fourth-order valence-corrected chi connectivity index (χ4v) is 3.37. The molecule has 0 aliphatic rings. The molecule has 25 heavy (non-hydrogen) atoms. The van der Waals surface area contributed by atoms with Gasteiger partial charge in [-0.2, -0.15) is 0 Å². The van der Waals surface area contributed by atoms with Crippen LogP contribution in [-0.4, -0.2) is 20.9 Å². The van der Waals surface area contributed by atoms with Crippen molar-refractivity contribution in [3.8, 4) is 10.8 Å². The van der Waals surface area contributed by atoms with E-state index >= 15 is 0 Å². The summed E-state index contributed by atoms with van der Waals surface area (Å²) >= 11 is 6.95. The Morgan fingerprint density at radius 1 is 1.32 bits per heavy atom. The molecule has 0 aliphatic heterocycles. The van der Waals surface area contributed by atoms with Gasteiger partial charge < -0.3 is 5.32 Å². The van der Waals surface area contributed by atoms with Crippen LogP contribution in [0, 0.1) is 5.82 Å². The summed E-state index contributed by atoms with van der Waals surface area (Å²) in [5.41, 5.74) is 1.04. The Hall–Kier alpha value is -2.38. The Morgan fingerprint density at radius 2 is 2.08 bits per heavy atom. The third-order valence-electron chi connectivity index (χ3n) is 3.45. The van der Waals surface area contributed by atoms with Crippen LogP contribution in [0.5, 0.6) is 0 Å². The number of hydrogen-bond acceptors (Lipinski definition) is 5. The molecular weight excluding hydrogens is 363 g/mol. The number of aryl methyl sites for hydroxylation is 1. The number of hydrogen-bond donors (Lipinski definition) is 1. The molecule has 0 saturated heterocycles. The van der Waals surface area contributed by atoms with Gasteiger partial charge in [0.05, 0.1) is 5.69 Å². The Kier molecular flexibility index (Phi) is 5.35. The highest BCUT2D eigenvalue weighted by atomic mass is 35.5. The standard InChI is InChI=1S/C17H14ClFN4OS/c1-2-13-14(25-17(23-13)15-20-6-3-7-21-15)16(24)22-9-10-4-5-11(18)8-12(10)19/h3-8H,2,9H2,1H3,(H,22,24). The first kappa shape index (κ1) is 17.4. The Labute approximate surface area is 152 Å². The fraction of sp³-hybridized carbons (Fsp3) is 0.176. The summed E-state index contributed by atoms with van der Waals surface area (Å²) in [4.78, 5) is 25.7. The predicted octanol–water partition coefficient (Wildman–Crippen LogP) is 3.89. The van der Waals surface area contributed by atoms with Gasteiger partial charge in [-0.05, 0) is 24.6 Å². The van der Waals surface area contributed by atoms with Crippen molar-refractivity contribution >= 4 is 28.8 Å². The van der Waals surface area contributed by atoms with Crippen molar-refractivity contribution in [1.29, 1.82) is 0 Å². The minimum Gasteiger partial charge on any atom is -0.347 e. The van der Waals surface area contributed by atoms with E-state index in [4.69, 9.17) is 11.6 Å². The van der Waals surface area contributed by atoms with Crippen LogP contribution in [0.4, 0.5) is 4.39 Å². The average Bonchev–Trinajstić information content (AvgIpc) is 3.06. The number of aromatic nitrogens is 3. The molecule has 8 heteroatoms. The molecule has 1 amide bonds. The first-order valence-electron chi connectivity index (χ1n) is 7.57. The topological polar surface area (TPSA) is 67.8 Å². The summed E-state index contributed by atoms with van der Waals surface area (Å²) in [5, 5.41) is 3.62. The zero-order valence-corrected chi connectivity index (χ0v) is 14.9. The molecule has 5 nitrogen and oxygen atoms in total. The first-order valence-corrected chi connectivity index (χ1v) is 8.77. The molecule has 0 bridgehead atoms. The van der Waals surface area contributed by atoms with Crippen LogP contribution < -0.4 is 5.32 Å². The van der Waals surface area contributed by atoms with Crippen LogP contribution in [0.1, 0.15) is 27.9 Å². The highest BCUT2D eigenvalue weighted by Crippen LogP contribution is 2.26. The summed E-state index contributed by atoms with van der Waals surface area (Å²) in [6.07, 6.45) is 3.85.